The van der Waals surface area contributed by atoms with Gasteiger partial charge in [0.15, 0.2) is 0 Å². The van der Waals surface area contributed by atoms with E-state index in [1.54, 1.807) is 0 Å². The third-order valence-corrected chi connectivity index (χ3v) is 4.99. The highest BCUT2D eigenvalue weighted by Gasteiger charge is 2.19. The van der Waals surface area contributed by atoms with Crippen molar-refractivity contribution in [2.45, 2.75) is 46.2 Å². The van der Waals surface area contributed by atoms with E-state index in [1.165, 1.54) is 53.9 Å². The second kappa shape index (κ2) is 7.18. The van der Waals surface area contributed by atoms with Crippen LogP contribution in [0.25, 0.3) is 0 Å². The van der Waals surface area contributed by atoms with E-state index in [4.69, 9.17) is 0 Å². The molecule has 0 saturated carbocycles. The van der Waals surface area contributed by atoms with Gasteiger partial charge in [-0.3, -0.25) is 4.90 Å². The maximum Gasteiger partial charge on any atom is 0.0345 e. The molecule has 2 aromatic rings. The van der Waals surface area contributed by atoms with E-state index >= 15 is 0 Å². The highest BCUT2D eigenvalue weighted by atomic mass is 15.1. The Kier molecular flexibility index (Phi) is 5.02. The van der Waals surface area contributed by atoms with Gasteiger partial charge in [0, 0.05) is 31.4 Å². The molecule has 0 unspecified atom stereocenters. The first-order valence-corrected chi connectivity index (χ1v) is 8.72. The van der Waals surface area contributed by atoms with Gasteiger partial charge < -0.3 is 5.32 Å². The Morgan fingerprint density at radius 2 is 1.61 bits per heavy atom. The third kappa shape index (κ3) is 4.35. The number of nitrogens with zero attached hydrogens (tertiary/aromatic N) is 1. The van der Waals surface area contributed by atoms with Crippen LogP contribution in [0.4, 0.5) is 5.69 Å². The fourth-order valence-corrected chi connectivity index (χ4v) is 3.25. The van der Waals surface area contributed by atoms with E-state index in [9.17, 15) is 0 Å². The number of aryl methyl sites for hydroxylation is 3. The summed E-state index contributed by atoms with van der Waals surface area (Å²) in [5.41, 5.74) is 6.77. The van der Waals surface area contributed by atoms with Crippen LogP contribution in [0, 0.1) is 20.8 Å². The molecule has 0 radical (unpaired) electrons. The summed E-state index contributed by atoms with van der Waals surface area (Å²) in [4.78, 5) is 2.57. The zero-order valence-electron chi connectivity index (χ0n) is 14.6. The van der Waals surface area contributed by atoms with Crippen molar-refractivity contribution in [3.8, 4) is 0 Å². The Bertz CT molecular complexity index is 637. The minimum absolute atomic E-state index is 0.603. The molecule has 1 fully saturated rings. The predicted molar refractivity (Wildman–Crippen MR) is 99.0 cm³/mol. The van der Waals surface area contributed by atoms with E-state index in [2.05, 4.69) is 73.5 Å². The van der Waals surface area contributed by atoms with Gasteiger partial charge in [-0.15, -0.1) is 0 Å². The summed E-state index contributed by atoms with van der Waals surface area (Å²) in [6.45, 7) is 9.94. The van der Waals surface area contributed by atoms with E-state index in [0.29, 0.717) is 6.04 Å². The molecule has 2 aromatic carbocycles. The van der Waals surface area contributed by atoms with Gasteiger partial charge in [-0.25, -0.2) is 0 Å². The molecule has 122 valence electrons. The summed E-state index contributed by atoms with van der Waals surface area (Å²) in [6.07, 6.45) is 2.44. The fraction of sp³-hybridized carbons (Fsp3) is 0.429. The number of hydrogen-bond acceptors (Lipinski definition) is 2. The van der Waals surface area contributed by atoms with Crippen molar-refractivity contribution in [2.75, 3.05) is 18.4 Å². The van der Waals surface area contributed by atoms with Crippen LogP contribution >= 0.6 is 0 Å². The molecule has 2 nitrogen and oxygen atoms in total. The van der Waals surface area contributed by atoms with Crippen molar-refractivity contribution in [1.82, 2.24) is 4.90 Å². The molecule has 0 aromatic heterocycles. The fourth-order valence-electron chi connectivity index (χ4n) is 3.25. The molecule has 1 N–H and O–H groups in total. The number of nitrogens with one attached hydrogen (secondary N) is 1. The Balaban J connectivity index is 1.50. The average Bonchev–Trinajstić information content (AvgIpc) is 2.55. The van der Waals surface area contributed by atoms with Gasteiger partial charge in [0.1, 0.15) is 0 Å². The first kappa shape index (κ1) is 16.1. The van der Waals surface area contributed by atoms with Crippen LogP contribution in [0.1, 0.15) is 35.1 Å². The van der Waals surface area contributed by atoms with Gasteiger partial charge in [-0.2, -0.15) is 0 Å². The van der Waals surface area contributed by atoms with Crippen molar-refractivity contribution in [3.63, 3.8) is 0 Å². The molecule has 1 heterocycles. The molecule has 0 amide bonds. The summed E-state index contributed by atoms with van der Waals surface area (Å²) in [7, 11) is 0. The van der Waals surface area contributed by atoms with E-state index in [1.807, 2.05) is 0 Å². The van der Waals surface area contributed by atoms with Crippen molar-refractivity contribution >= 4 is 5.69 Å². The van der Waals surface area contributed by atoms with Crippen LogP contribution < -0.4 is 5.32 Å². The second-order valence-electron chi connectivity index (χ2n) is 6.98. The lowest BCUT2D eigenvalue weighted by Gasteiger charge is -2.33. The van der Waals surface area contributed by atoms with Crippen molar-refractivity contribution in [1.29, 1.82) is 0 Å². The second-order valence-corrected chi connectivity index (χ2v) is 6.98. The number of likely N-dealkylation sites (tertiary alicyclic amines) is 1. The maximum absolute atomic E-state index is 3.71. The number of piperidine rings is 1. The Morgan fingerprint density at radius 3 is 2.26 bits per heavy atom. The Morgan fingerprint density at radius 1 is 0.913 bits per heavy atom. The Hall–Kier alpha value is -1.80. The van der Waals surface area contributed by atoms with Crippen molar-refractivity contribution in [3.05, 3.63) is 64.7 Å². The number of rotatable bonds is 4. The number of hydrogen-bond donors (Lipinski definition) is 1. The minimum Gasteiger partial charge on any atom is -0.382 e. The highest BCUT2D eigenvalue weighted by Crippen LogP contribution is 2.20. The summed E-state index contributed by atoms with van der Waals surface area (Å²) < 4.78 is 0. The lowest BCUT2D eigenvalue weighted by atomic mass is 10.0. The van der Waals surface area contributed by atoms with Gasteiger partial charge in [0.05, 0.1) is 0 Å². The average molecular weight is 308 g/mol. The molecule has 1 aliphatic rings. The molecule has 23 heavy (non-hydrogen) atoms. The first-order valence-electron chi connectivity index (χ1n) is 8.72. The summed E-state index contributed by atoms with van der Waals surface area (Å²) in [5.74, 6) is 0. The number of anilines is 1. The monoisotopic (exact) mass is 308 g/mol. The van der Waals surface area contributed by atoms with Crippen LogP contribution in [0.3, 0.4) is 0 Å². The van der Waals surface area contributed by atoms with Gasteiger partial charge in [0.25, 0.3) is 0 Å². The zero-order valence-corrected chi connectivity index (χ0v) is 14.6. The minimum atomic E-state index is 0.603. The zero-order chi connectivity index (χ0) is 16.2. The standard InChI is InChI=1S/C21H28N2/c1-16-4-7-19(8-5-16)15-23-12-10-20(11-13-23)22-21-9-6-17(2)18(3)14-21/h4-9,14,20,22H,10-13,15H2,1-3H3. The maximum atomic E-state index is 3.71. The number of benzene rings is 2. The highest BCUT2D eigenvalue weighted by molar-refractivity contribution is 5.48. The lowest BCUT2D eigenvalue weighted by Crippen LogP contribution is -2.38. The third-order valence-electron chi connectivity index (χ3n) is 4.99. The van der Waals surface area contributed by atoms with Gasteiger partial charge in [-0.1, -0.05) is 35.9 Å². The van der Waals surface area contributed by atoms with Gasteiger partial charge in [-0.05, 0) is 62.4 Å². The summed E-state index contributed by atoms with van der Waals surface area (Å²) in [6, 6.07) is 16.2. The topological polar surface area (TPSA) is 15.3 Å². The largest absolute Gasteiger partial charge is 0.382 e. The molecular weight excluding hydrogens is 280 g/mol. The normalized spacial score (nSPS) is 16.5. The lowest BCUT2D eigenvalue weighted by molar-refractivity contribution is 0.211. The van der Waals surface area contributed by atoms with E-state index < -0.39 is 0 Å². The molecule has 1 aliphatic heterocycles. The smallest absolute Gasteiger partial charge is 0.0345 e. The van der Waals surface area contributed by atoms with Crippen molar-refractivity contribution < 1.29 is 0 Å². The van der Waals surface area contributed by atoms with Crippen LogP contribution in [0.5, 0.6) is 0 Å². The van der Waals surface area contributed by atoms with Gasteiger partial charge >= 0.3 is 0 Å². The van der Waals surface area contributed by atoms with Crippen LogP contribution in [0.15, 0.2) is 42.5 Å². The van der Waals surface area contributed by atoms with Crippen LogP contribution in [0.2, 0.25) is 0 Å². The van der Waals surface area contributed by atoms with Gasteiger partial charge in [0.2, 0.25) is 0 Å². The van der Waals surface area contributed by atoms with Crippen LogP contribution in [-0.2, 0) is 6.54 Å². The molecule has 0 aliphatic carbocycles. The van der Waals surface area contributed by atoms with Crippen LogP contribution in [-0.4, -0.2) is 24.0 Å². The molecule has 0 atom stereocenters. The SMILES string of the molecule is Cc1ccc(CN2CCC(Nc3ccc(C)c(C)c3)CC2)cc1. The molecule has 2 heteroatoms. The molecule has 3 rings (SSSR count). The van der Waals surface area contributed by atoms with Crippen molar-refractivity contribution in [2.24, 2.45) is 0 Å². The summed E-state index contributed by atoms with van der Waals surface area (Å²) in [5, 5.41) is 3.71. The summed E-state index contributed by atoms with van der Waals surface area (Å²) >= 11 is 0. The first-order chi connectivity index (χ1) is 11.1. The molecule has 0 spiro atoms. The molecular formula is C21H28N2. The Labute approximate surface area is 140 Å². The molecule has 1 saturated heterocycles. The predicted octanol–water partition coefficient (Wildman–Crippen LogP) is 4.69. The molecule has 0 bridgehead atoms. The van der Waals surface area contributed by atoms with E-state index in [-0.39, 0.29) is 0 Å². The quantitative estimate of drug-likeness (QED) is 0.881. The van der Waals surface area contributed by atoms with E-state index in [0.717, 1.165) is 6.54 Å².